The minimum Gasteiger partial charge on any atom is -0.497 e. The molecule has 0 aromatic heterocycles. The highest BCUT2D eigenvalue weighted by molar-refractivity contribution is 7.99. The van der Waals surface area contributed by atoms with Crippen LogP contribution in [-0.4, -0.2) is 30.9 Å². The summed E-state index contributed by atoms with van der Waals surface area (Å²) in [7, 11) is 2.81. The van der Waals surface area contributed by atoms with Gasteiger partial charge in [0.05, 0.1) is 30.0 Å². The molecule has 0 N–H and O–H groups in total. The van der Waals surface area contributed by atoms with Crippen LogP contribution in [0.25, 0.3) is 0 Å². The van der Waals surface area contributed by atoms with Crippen molar-refractivity contribution in [3.63, 3.8) is 0 Å². The first-order valence-corrected chi connectivity index (χ1v) is 6.51. The Balaban J connectivity index is 2.86. The molecule has 0 fully saturated rings. The van der Waals surface area contributed by atoms with Crippen LogP contribution >= 0.6 is 11.8 Å². The number of esters is 1. The van der Waals surface area contributed by atoms with Crippen LogP contribution in [0.15, 0.2) is 23.1 Å². The van der Waals surface area contributed by atoms with Gasteiger partial charge in [-0.25, -0.2) is 0 Å². The third-order valence-electron chi connectivity index (χ3n) is 2.46. The monoisotopic (exact) mass is 285 g/mol. The molecule has 0 radical (unpaired) electrons. The second-order valence-electron chi connectivity index (χ2n) is 3.83. The number of rotatable bonds is 6. The fraction of sp³-hybridized carbons (Fsp3) is 0.417. The number of methoxy groups -OCH3 is 2. The fourth-order valence-electron chi connectivity index (χ4n) is 1.37. The van der Waals surface area contributed by atoms with E-state index in [9.17, 15) is 14.9 Å². The summed E-state index contributed by atoms with van der Waals surface area (Å²) in [5.41, 5.74) is 0.00265. The molecule has 1 unspecified atom stereocenters. The molecule has 0 aliphatic carbocycles. The van der Waals surface area contributed by atoms with E-state index in [0.717, 1.165) is 0 Å². The first-order chi connectivity index (χ1) is 8.99. The lowest BCUT2D eigenvalue weighted by atomic mass is 10.2. The van der Waals surface area contributed by atoms with Crippen LogP contribution in [0.3, 0.4) is 0 Å². The van der Waals surface area contributed by atoms with Gasteiger partial charge in [-0.1, -0.05) is 6.92 Å². The zero-order valence-electron chi connectivity index (χ0n) is 10.9. The Bertz CT molecular complexity index is 477. The van der Waals surface area contributed by atoms with E-state index in [0.29, 0.717) is 16.4 Å². The van der Waals surface area contributed by atoms with Gasteiger partial charge in [-0.2, -0.15) is 0 Å². The summed E-state index contributed by atoms with van der Waals surface area (Å²) in [6.45, 7) is 1.71. The van der Waals surface area contributed by atoms with Gasteiger partial charge >= 0.3 is 5.97 Å². The molecular weight excluding hydrogens is 270 g/mol. The van der Waals surface area contributed by atoms with Crippen molar-refractivity contribution in [2.24, 2.45) is 5.92 Å². The third kappa shape index (κ3) is 4.13. The number of nitro groups is 1. The van der Waals surface area contributed by atoms with Crippen LogP contribution in [0.5, 0.6) is 5.75 Å². The number of hydrogen-bond acceptors (Lipinski definition) is 6. The van der Waals surface area contributed by atoms with Crippen LogP contribution in [0, 0.1) is 16.0 Å². The Labute approximate surface area is 115 Å². The first-order valence-electron chi connectivity index (χ1n) is 5.52. The predicted octanol–water partition coefficient (Wildman–Crippen LogP) is 2.50. The molecule has 6 nitrogen and oxygen atoms in total. The molecule has 1 aromatic rings. The summed E-state index contributed by atoms with van der Waals surface area (Å²) in [5, 5.41) is 10.9. The second-order valence-corrected chi connectivity index (χ2v) is 4.89. The Hall–Kier alpha value is -1.76. The van der Waals surface area contributed by atoms with E-state index >= 15 is 0 Å². The van der Waals surface area contributed by atoms with E-state index in [1.165, 1.54) is 38.1 Å². The summed E-state index contributed by atoms with van der Waals surface area (Å²) in [4.78, 5) is 22.2. The average Bonchev–Trinajstić information content (AvgIpc) is 2.43. The molecule has 0 amide bonds. The van der Waals surface area contributed by atoms with Crippen LogP contribution in [-0.2, 0) is 9.53 Å². The van der Waals surface area contributed by atoms with Crippen molar-refractivity contribution in [3.05, 3.63) is 28.3 Å². The van der Waals surface area contributed by atoms with Crippen molar-refractivity contribution < 1.29 is 19.2 Å². The van der Waals surface area contributed by atoms with Gasteiger partial charge in [0.25, 0.3) is 5.69 Å². The number of thioether (sulfide) groups is 1. The zero-order chi connectivity index (χ0) is 14.4. The van der Waals surface area contributed by atoms with Crippen LogP contribution < -0.4 is 4.74 Å². The summed E-state index contributed by atoms with van der Waals surface area (Å²) >= 11 is 1.23. The van der Waals surface area contributed by atoms with E-state index in [4.69, 9.17) is 4.74 Å². The molecule has 0 spiro atoms. The maximum atomic E-state index is 11.3. The van der Waals surface area contributed by atoms with Crippen molar-refractivity contribution >= 4 is 23.4 Å². The molecule has 0 saturated heterocycles. The standard InChI is InChI=1S/C12H15NO5S/c1-8(12(14)18-3)7-19-11-6-9(17-2)4-5-10(11)13(15)16/h4-6,8H,7H2,1-3H3. The largest absolute Gasteiger partial charge is 0.497 e. The molecule has 1 aromatic carbocycles. The number of hydrogen-bond donors (Lipinski definition) is 0. The molecule has 1 rings (SSSR count). The summed E-state index contributed by atoms with van der Waals surface area (Å²) in [6, 6.07) is 4.52. The van der Waals surface area contributed by atoms with Crippen molar-refractivity contribution in [1.29, 1.82) is 0 Å². The van der Waals surface area contributed by atoms with Crippen LogP contribution in [0.4, 0.5) is 5.69 Å². The summed E-state index contributed by atoms with van der Waals surface area (Å²) < 4.78 is 9.65. The third-order valence-corrected chi connectivity index (χ3v) is 3.76. The van der Waals surface area contributed by atoms with Gasteiger partial charge in [0.2, 0.25) is 0 Å². The number of carbonyl (C=O) groups excluding carboxylic acids is 1. The van der Waals surface area contributed by atoms with Crippen molar-refractivity contribution in [1.82, 2.24) is 0 Å². The lowest BCUT2D eigenvalue weighted by molar-refractivity contribution is -0.387. The molecule has 0 saturated carbocycles. The minimum atomic E-state index is -0.454. The SMILES string of the molecule is COC(=O)C(C)CSc1cc(OC)ccc1[N+](=O)[O-]. The number of benzene rings is 1. The predicted molar refractivity (Wildman–Crippen MR) is 71.6 cm³/mol. The van der Waals surface area contributed by atoms with Gasteiger partial charge in [-0.3, -0.25) is 14.9 Å². The number of nitrogens with zero attached hydrogens (tertiary/aromatic N) is 1. The molecule has 104 valence electrons. The zero-order valence-corrected chi connectivity index (χ0v) is 11.7. The topological polar surface area (TPSA) is 78.7 Å². The molecule has 1 atom stereocenters. The molecule has 7 heteroatoms. The van der Waals surface area contributed by atoms with Gasteiger partial charge in [-0.15, -0.1) is 11.8 Å². The van der Waals surface area contributed by atoms with Crippen molar-refractivity contribution in [3.8, 4) is 5.75 Å². The summed E-state index contributed by atoms with van der Waals surface area (Å²) in [6.07, 6.45) is 0. The van der Waals surface area contributed by atoms with Gasteiger partial charge in [0.1, 0.15) is 5.75 Å². The van der Waals surface area contributed by atoms with Gasteiger partial charge < -0.3 is 9.47 Å². The first kappa shape index (κ1) is 15.3. The lowest BCUT2D eigenvalue weighted by Gasteiger charge is -2.09. The normalized spacial score (nSPS) is 11.7. The number of carbonyl (C=O) groups is 1. The Morgan fingerprint density at radius 1 is 1.47 bits per heavy atom. The van der Waals surface area contributed by atoms with E-state index in [1.807, 2.05) is 0 Å². The lowest BCUT2D eigenvalue weighted by Crippen LogP contribution is -2.14. The van der Waals surface area contributed by atoms with Gasteiger partial charge in [0.15, 0.2) is 0 Å². The smallest absolute Gasteiger partial charge is 0.309 e. The molecule has 19 heavy (non-hydrogen) atoms. The quantitative estimate of drug-likeness (QED) is 0.346. The average molecular weight is 285 g/mol. The maximum Gasteiger partial charge on any atom is 0.309 e. The van der Waals surface area contributed by atoms with Gasteiger partial charge in [-0.05, 0) is 6.07 Å². The second kappa shape index (κ2) is 6.98. The fourth-order valence-corrected chi connectivity index (χ4v) is 2.43. The molecular formula is C12H15NO5S. The Morgan fingerprint density at radius 3 is 2.68 bits per heavy atom. The highest BCUT2D eigenvalue weighted by atomic mass is 32.2. The van der Waals surface area contributed by atoms with Crippen LogP contribution in [0.1, 0.15) is 6.92 Å². The molecule has 0 heterocycles. The minimum absolute atomic E-state index is 0.00265. The maximum absolute atomic E-state index is 11.3. The van der Waals surface area contributed by atoms with Crippen molar-refractivity contribution in [2.75, 3.05) is 20.0 Å². The number of nitro benzene ring substituents is 1. The van der Waals surface area contributed by atoms with E-state index in [-0.39, 0.29) is 17.6 Å². The molecule has 0 aliphatic heterocycles. The van der Waals surface area contributed by atoms with Crippen LogP contribution in [0.2, 0.25) is 0 Å². The Kier molecular flexibility index (Phi) is 5.62. The highest BCUT2D eigenvalue weighted by Gasteiger charge is 2.19. The Morgan fingerprint density at radius 2 is 2.16 bits per heavy atom. The summed E-state index contributed by atoms with van der Waals surface area (Å²) in [5.74, 6) is 0.276. The van der Waals surface area contributed by atoms with Gasteiger partial charge in [0, 0.05) is 17.9 Å². The number of ether oxygens (including phenoxy) is 2. The van der Waals surface area contributed by atoms with Crippen molar-refractivity contribution in [2.45, 2.75) is 11.8 Å². The molecule has 0 bridgehead atoms. The molecule has 0 aliphatic rings. The van der Waals surface area contributed by atoms with E-state index in [2.05, 4.69) is 4.74 Å². The highest BCUT2D eigenvalue weighted by Crippen LogP contribution is 2.33. The van der Waals surface area contributed by atoms with E-state index in [1.54, 1.807) is 13.0 Å². The van der Waals surface area contributed by atoms with E-state index < -0.39 is 4.92 Å².